The molecule has 0 bridgehead atoms. The lowest BCUT2D eigenvalue weighted by Crippen LogP contribution is -2.49. The maximum atomic E-state index is 12.6. The number of aliphatic hydroxyl groups is 1. The molecule has 7 nitrogen and oxygen atoms in total. The molecule has 0 unspecified atom stereocenters. The Kier molecular flexibility index (Phi) is 5.15. The van der Waals surface area contributed by atoms with Crippen LogP contribution in [0.4, 0.5) is 5.69 Å². The molecule has 2 aromatic rings. The van der Waals surface area contributed by atoms with Gasteiger partial charge in [-0.3, -0.25) is 14.7 Å². The number of anilines is 1. The summed E-state index contributed by atoms with van der Waals surface area (Å²) in [5.74, 6) is -1.98. The fourth-order valence-electron chi connectivity index (χ4n) is 4.22. The summed E-state index contributed by atoms with van der Waals surface area (Å²) in [5.41, 5.74) is 1.38. The number of fused-ring (bicyclic) bond motifs is 1. The third kappa shape index (κ3) is 3.27. The van der Waals surface area contributed by atoms with Gasteiger partial charge in [0, 0.05) is 42.4 Å². The molecule has 1 aromatic carbocycles. The highest BCUT2D eigenvalue weighted by atomic mass is 16.5. The summed E-state index contributed by atoms with van der Waals surface area (Å²) in [5, 5.41) is 16.4. The van der Waals surface area contributed by atoms with Gasteiger partial charge in [0.05, 0.1) is 18.6 Å². The lowest BCUT2D eigenvalue weighted by molar-refractivity contribution is -0.156. The van der Waals surface area contributed by atoms with Crippen molar-refractivity contribution >= 4 is 11.7 Å². The minimum atomic E-state index is -1.34. The van der Waals surface area contributed by atoms with E-state index in [1.807, 2.05) is 24.3 Å². The van der Waals surface area contributed by atoms with Gasteiger partial charge in [0.15, 0.2) is 0 Å². The Hall–Kier alpha value is -2.54. The minimum absolute atomic E-state index is 0.175. The SMILES string of the molecule is CCN(CC)c1ccc([C@@H]2c3c([nH][nH]c3=O)C[C@@](C)(O)[C@H]2C(=O)OC)cc1. The van der Waals surface area contributed by atoms with E-state index in [1.54, 1.807) is 6.92 Å². The van der Waals surface area contributed by atoms with E-state index in [1.165, 1.54) is 7.11 Å². The van der Waals surface area contributed by atoms with Gasteiger partial charge in [-0.15, -0.1) is 0 Å². The molecule has 1 aromatic heterocycles. The van der Waals surface area contributed by atoms with E-state index in [0.717, 1.165) is 24.3 Å². The number of ether oxygens (including phenoxy) is 1. The van der Waals surface area contributed by atoms with Crippen LogP contribution in [0, 0.1) is 5.92 Å². The van der Waals surface area contributed by atoms with Crippen LogP contribution in [0.3, 0.4) is 0 Å². The molecule has 0 saturated heterocycles. The van der Waals surface area contributed by atoms with E-state index in [9.17, 15) is 14.7 Å². The molecule has 1 aliphatic rings. The number of esters is 1. The van der Waals surface area contributed by atoms with E-state index in [2.05, 4.69) is 28.9 Å². The van der Waals surface area contributed by atoms with Crippen molar-refractivity contribution in [2.75, 3.05) is 25.1 Å². The molecule has 0 amide bonds. The molecule has 0 saturated carbocycles. The Morgan fingerprint density at radius 2 is 1.89 bits per heavy atom. The molecular weight excluding hydrogens is 346 g/mol. The van der Waals surface area contributed by atoms with E-state index in [4.69, 9.17) is 4.74 Å². The van der Waals surface area contributed by atoms with Crippen LogP contribution in [0.1, 0.15) is 43.5 Å². The van der Waals surface area contributed by atoms with Crippen LogP contribution in [0.5, 0.6) is 0 Å². The van der Waals surface area contributed by atoms with Gasteiger partial charge in [-0.1, -0.05) is 12.1 Å². The highest BCUT2D eigenvalue weighted by Crippen LogP contribution is 2.44. The van der Waals surface area contributed by atoms with E-state index >= 15 is 0 Å². The Morgan fingerprint density at radius 1 is 1.26 bits per heavy atom. The number of methoxy groups -OCH3 is 1. The maximum absolute atomic E-state index is 12.6. The van der Waals surface area contributed by atoms with Crippen molar-refractivity contribution in [3.63, 3.8) is 0 Å². The Morgan fingerprint density at radius 3 is 2.44 bits per heavy atom. The van der Waals surface area contributed by atoms with Gasteiger partial charge < -0.3 is 19.8 Å². The molecule has 146 valence electrons. The number of benzene rings is 1. The second-order valence-electron chi connectivity index (χ2n) is 7.25. The molecule has 27 heavy (non-hydrogen) atoms. The number of hydrogen-bond donors (Lipinski definition) is 3. The number of hydrogen-bond acceptors (Lipinski definition) is 5. The molecule has 1 heterocycles. The fourth-order valence-corrected chi connectivity index (χ4v) is 4.22. The van der Waals surface area contributed by atoms with Crippen molar-refractivity contribution in [2.45, 2.75) is 38.7 Å². The first-order chi connectivity index (χ1) is 12.8. The van der Waals surface area contributed by atoms with Crippen LogP contribution in [-0.4, -0.2) is 47.1 Å². The molecule has 1 aliphatic carbocycles. The average Bonchev–Trinajstić information content (AvgIpc) is 3.00. The average molecular weight is 373 g/mol. The van der Waals surface area contributed by atoms with E-state index < -0.39 is 23.4 Å². The first kappa shape index (κ1) is 19.2. The van der Waals surface area contributed by atoms with Gasteiger partial charge in [0.1, 0.15) is 0 Å². The zero-order valence-electron chi connectivity index (χ0n) is 16.2. The smallest absolute Gasteiger partial charge is 0.312 e. The summed E-state index contributed by atoms with van der Waals surface area (Å²) < 4.78 is 4.98. The van der Waals surface area contributed by atoms with Crippen molar-refractivity contribution in [3.05, 3.63) is 51.4 Å². The first-order valence-electron chi connectivity index (χ1n) is 9.28. The first-order valence-corrected chi connectivity index (χ1v) is 9.28. The summed E-state index contributed by atoms with van der Waals surface area (Å²) in [6.07, 6.45) is 0.175. The summed E-state index contributed by atoms with van der Waals surface area (Å²) >= 11 is 0. The predicted octanol–water partition coefficient (Wildman–Crippen LogP) is 1.78. The van der Waals surface area contributed by atoms with Crippen molar-refractivity contribution in [2.24, 2.45) is 5.92 Å². The second-order valence-corrected chi connectivity index (χ2v) is 7.25. The number of nitrogens with zero attached hydrogens (tertiary/aromatic N) is 1. The van der Waals surface area contributed by atoms with Crippen molar-refractivity contribution in [1.29, 1.82) is 0 Å². The Bertz CT molecular complexity index is 862. The molecule has 3 rings (SSSR count). The number of nitrogens with one attached hydrogen (secondary N) is 2. The molecule has 0 fully saturated rings. The fraction of sp³-hybridized carbons (Fsp3) is 0.500. The summed E-state index contributed by atoms with van der Waals surface area (Å²) in [7, 11) is 1.30. The van der Waals surface area contributed by atoms with Gasteiger partial charge in [-0.2, -0.15) is 0 Å². The normalized spacial score (nSPS) is 24.3. The van der Waals surface area contributed by atoms with Gasteiger partial charge in [-0.25, -0.2) is 0 Å². The number of aromatic nitrogens is 2. The Labute approximate surface area is 158 Å². The van der Waals surface area contributed by atoms with Gasteiger partial charge in [0.25, 0.3) is 5.56 Å². The van der Waals surface area contributed by atoms with Crippen molar-refractivity contribution in [3.8, 4) is 0 Å². The number of carbonyl (C=O) groups excluding carboxylic acids is 1. The summed E-state index contributed by atoms with van der Waals surface area (Å²) in [4.78, 5) is 27.2. The molecule has 3 N–H and O–H groups in total. The second kappa shape index (κ2) is 7.23. The lowest BCUT2D eigenvalue weighted by atomic mass is 9.66. The van der Waals surface area contributed by atoms with Crippen LogP contribution in [-0.2, 0) is 16.0 Å². The third-order valence-corrected chi connectivity index (χ3v) is 5.58. The van der Waals surface area contributed by atoms with Crippen LogP contribution in [0.25, 0.3) is 0 Å². The summed E-state index contributed by atoms with van der Waals surface area (Å²) in [6.45, 7) is 7.57. The number of rotatable bonds is 5. The predicted molar refractivity (Wildman–Crippen MR) is 103 cm³/mol. The Balaban J connectivity index is 2.13. The minimum Gasteiger partial charge on any atom is -0.469 e. The topological polar surface area (TPSA) is 98.4 Å². The number of H-pyrrole nitrogens is 2. The molecule has 7 heteroatoms. The lowest BCUT2D eigenvalue weighted by Gasteiger charge is -2.40. The molecular formula is C20H27N3O4. The number of aromatic amines is 2. The van der Waals surface area contributed by atoms with Crippen LogP contribution < -0.4 is 10.5 Å². The van der Waals surface area contributed by atoms with Crippen molar-refractivity contribution < 1.29 is 14.6 Å². The maximum Gasteiger partial charge on any atom is 0.312 e. The third-order valence-electron chi connectivity index (χ3n) is 5.58. The largest absolute Gasteiger partial charge is 0.469 e. The van der Waals surface area contributed by atoms with Gasteiger partial charge >= 0.3 is 5.97 Å². The van der Waals surface area contributed by atoms with Crippen LogP contribution in [0.15, 0.2) is 29.1 Å². The van der Waals surface area contributed by atoms with Crippen molar-refractivity contribution in [1.82, 2.24) is 10.2 Å². The molecule has 3 atom stereocenters. The van der Waals surface area contributed by atoms with Crippen LogP contribution in [0.2, 0.25) is 0 Å². The molecule has 0 radical (unpaired) electrons. The van der Waals surface area contributed by atoms with Gasteiger partial charge in [0.2, 0.25) is 0 Å². The monoisotopic (exact) mass is 373 g/mol. The highest BCUT2D eigenvalue weighted by Gasteiger charge is 2.51. The van der Waals surface area contributed by atoms with E-state index in [-0.39, 0.29) is 12.0 Å². The van der Waals surface area contributed by atoms with E-state index in [0.29, 0.717) is 11.3 Å². The molecule has 0 aliphatic heterocycles. The molecule has 0 spiro atoms. The zero-order chi connectivity index (χ0) is 19.8. The zero-order valence-corrected chi connectivity index (χ0v) is 16.2. The standard InChI is InChI=1S/C20H27N3O4/c1-5-23(6-2)13-9-7-12(8-10-13)15-16-14(21-22-18(16)24)11-20(3,26)17(15)19(25)27-4/h7-10,15,17,26H,5-6,11H2,1-4H3,(H2,21,22,24)/t15-,17-,20-/m1/s1. The number of carbonyl (C=O) groups is 1. The highest BCUT2D eigenvalue weighted by molar-refractivity contribution is 5.77. The van der Waals surface area contributed by atoms with Gasteiger partial charge in [-0.05, 0) is 38.5 Å². The van der Waals surface area contributed by atoms with Crippen LogP contribution >= 0.6 is 0 Å². The summed E-state index contributed by atoms with van der Waals surface area (Å²) in [6, 6.07) is 7.82. The quantitative estimate of drug-likeness (QED) is 0.694.